The third kappa shape index (κ3) is 10.1. The van der Waals surface area contributed by atoms with Crippen molar-refractivity contribution in [2.24, 2.45) is 17.4 Å². The number of hydrogen-bond acceptors (Lipinski definition) is 10. The SMILES string of the molecule is Cc1cc(-c2cc3c(cn2)Sc2ncccc2CN[C@@H](CCCN)C(=O)C[C@@H](CCCCN)C(=O)N(C)[C@@H](Cc2c[nH]c4ccccc24)C(=O)CC3)ccn1. The Hall–Kier alpha value is -4.75. The van der Waals surface area contributed by atoms with Gasteiger partial charge in [-0.1, -0.05) is 42.4 Å². The molecule has 0 saturated carbocycles. The van der Waals surface area contributed by atoms with Crippen LogP contribution in [-0.4, -0.2) is 74.5 Å². The van der Waals surface area contributed by atoms with Gasteiger partial charge in [-0.05, 0) is 99.1 Å². The molecule has 6 rings (SSSR count). The predicted octanol–water partition coefficient (Wildman–Crippen LogP) is 5.97. The second kappa shape index (κ2) is 19.2. The zero-order valence-corrected chi connectivity index (χ0v) is 32.6. The van der Waals surface area contributed by atoms with E-state index in [-0.39, 0.29) is 30.3 Å². The van der Waals surface area contributed by atoms with E-state index in [4.69, 9.17) is 21.4 Å². The number of para-hydroxylation sites is 1. The minimum atomic E-state index is -0.747. The number of pyridine rings is 3. The summed E-state index contributed by atoms with van der Waals surface area (Å²) in [7, 11) is 1.72. The third-order valence-corrected chi connectivity index (χ3v) is 11.7. The fraction of sp³-hybridized carbons (Fsp3) is 0.395. The lowest BCUT2D eigenvalue weighted by Gasteiger charge is -2.31. The first kappa shape index (κ1) is 39.9. The predicted molar refractivity (Wildman–Crippen MR) is 217 cm³/mol. The number of nitrogens with one attached hydrogen (secondary N) is 2. The molecule has 4 aromatic heterocycles. The van der Waals surface area contributed by atoms with Crippen molar-refractivity contribution in [1.82, 2.24) is 30.2 Å². The molecule has 0 bridgehead atoms. The van der Waals surface area contributed by atoms with Crippen LogP contribution in [0.3, 0.4) is 0 Å². The smallest absolute Gasteiger partial charge is 0.226 e. The first-order valence-electron chi connectivity index (χ1n) is 19.3. The Morgan fingerprint density at radius 3 is 2.53 bits per heavy atom. The molecule has 1 aliphatic heterocycles. The van der Waals surface area contributed by atoms with Crippen LogP contribution in [0, 0.1) is 12.8 Å². The topological polar surface area (TPSA) is 173 Å². The van der Waals surface area contributed by atoms with Gasteiger partial charge < -0.3 is 26.7 Å². The molecule has 0 radical (unpaired) electrons. The van der Waals surface area contributed by atoms with Gasteiger partial charge >= 0.3 is 0 Å². The van der Waals surface area contributed by atoms with Crippen LogP contribution in [0.25, 0.3) is 22.2 Å². The highest BCUT2D eigenvalue weighted by Crippen LogP contribution is 2.34. The number of benzene rings is 1. The molecular weight excluding hydrogens is 709 g/mol. The highest BCUT2D eigenvalue weighted by Gasteiger charge is 2.34. The molecule has 0 unspecified atom stereocenters. The summed E-state index contributed by atoms with van der Waals surface area (Å²) in [6.07, 6.45) is 11.5. The first-order chi connectivity index (χ1) is 26.7. The van der Waals surface area contributed by atoms with Gasteiger partial charge in [0, 0.05) is 90.6 Å². The van der Waals surface area contributed by atoms with Gasteiger partial charge in [-0.3, -0.25) is 24.4 Å². The monoisotopic (exact) mass is 760 g/mol. The van der Waals surface area contributed by atoms with Gasteiger partial charge in [-0.15, -0.1) is 0 Å². The van der Waals surface area contributed by atoms with E-state index >= 15 is 0 Å². The number of amides is 1. The second-order valence-electron chi connectivity index (χ2n) is 14.4. The van der Waals surface area contributed by atoms with E-state index < -0.39 is 18.0 Å². The molecule has 0 saturated heterocycles. The van der Waals surface area contributed by atoms with Crippen molar-refractivity contribution in [3.8, 4) is 11.3 Å². The Morgan fingerprint density at radius 1 is 0.873 bits per heavy atom. The number of fused-ring (bicyclic) bond motifs is 3. The highest BCUT2D eigenvalue weighted by molar-refractivity contribution is 7.99. The lowest BCUT2D eigenvalue weighted by Crippen LogP contribution is -2.47. The largest absolute Gasteiger partial charge is 0.361 e. The Labute approximate surface area is 327 Å². The summed E-state index contributed by atoms with van der Waals surface area (Å²) in [6, 6.07) is 16.6. The summed E-state index contributed by atoms with van der Waals surface area (Å²) in [6.45, 7) is 3.30. The van der Waals surface area contributed by atoms with Crippen LogP contribution in [0.1, 0.15) is 67.3 Å². The first-order valence-corrected chi connectivity index (χ1v) is 20.1. The molecule has 12 heteroatoms. The highest BCUT2D eigenvalue weighted by atomic mass is 32.2. The van der Waals surface area contributed by atoms with Crippen LogP contribution in [0.15, 0.2) is 89.3 Å². The van der Waals surface area contributed by atoms with Gasteiger partial charge in [-0.2, -0.15) is 0 Å². The maximum atomic E-state index is 14.6. The quantitative estimate of drug-likeness (QED) is 0.124. The average molecular weight is 761 g/mol. The zero-order chi connectivity index (χ0) is 38.7. The number of aromatic amines is 1. The number of likely N-dealkylation sites (N-methyl/N-ethyl adjacent to an activating group) is 1. The van der Waals surface area contributed by atoms with Crippen LogP contribution in [-0.2, 0) is 33.8 Å². The molecule has 0 spiro atoms. The van der Waals surface area contributed by atoms with Crippen LogP contribution in [0.5, 0.6) is 0 Å². The number of nitrogens with zero attached hydrogens (tertiary/aromatic N) is 4. The van der Waals surface area contributed by atoms with E-state index in [2.05, 4.69) is 21.4 Å². The van der Waals surface area contributed by atoms with Gasteiger partial charge in [0.2, 0.25) is 5.91 Å². The van der Waals surface area contributed by atoms with E-state index in [0.717, 1.165) is 60.9 Å². The Balaban J connectivity index is 1.42. The van der Waals surface area contributed by atoms with Gasteiger partial charge in [0.1, 0.15) is 5.03 Å². The number of ketones is 2. The van der Waals surface area contributed by atoms with E-state index in [0.29, 0.717) is 58.2 Å². The van der Waals surface area contributed by atoms with E-state index in [1.807, 2.05) is 67.8 Å². The minimum Gasteiger partial charge on any atom is -0.361 e. The molecule has 288 valence electrons. The molecular formula is C43H52N8O3S. The van der Waals surface area contributed by atoms with E-state index in [9.17, 15) is 14.4 Å². The van der Waals surface area contributed by atoms with Crippen LogP contribution >= 0.6 is 11.8 Å². The van der Waals surface area contributed by atoms with Gasteiger partial charge in [-0.25, -0.2) is 4.98 Å². The fourth-order valence-electron chi connectivity index (χ4n) is 7.40. The van der Waals surface area contributed by atoms with Crippen LogP contribution in [0.2, 0.25) is 0 Å². The Morgan fingerprint density at radius 2 is 1.71 bits per heavy atom. The van der Waals surface area contributed by atoms with Crippen molar-refractivity contribution in [2.75, 3.05) is 20.1 Å². The number of H-pyrrole nitrogens is 1. The molecule has 1 aromatic carbocycles. The van der Waals surface area contributed by atoms with Crippen LogP contribution < -0.4 is 16.8 Å². The molecule has 1 amide bonds. The molecule has 1 aliphatic rings. The standard InChI is InChI=1S/C43H52N8O3S/c1-28-21-29(16-20-46-28)37-22-30-14-15-39(52)38(23-33-26-48-35-12-4-3-11-34(33)35)51(2)43(54)31(9-5-6-17-44)24-40(53)36(13-7-18-45)49-25-32-10-8-19-47-42(32)55-41(30)27-50-37/h3-4,8,10-12,16,19-22,26-27,31,36,38,48-49H,5-7,9,13-15,17-18,23-25,44-45H2,1-2H3/t31-,36+,38+/m1/s1. The Kier molecular flexibility index (Phi) is 13.9. The number of Topliss-reactive ketones (excluding diaryl/α,β-unsaturated/α-hetero) is 2. The van der Waals surface area contributed by atoms with E-state index in [1.54, 1.807) is 24.3 Å². The summed E-state index contributed by atoms with van der Waals surface area (Å²) in [4.78, 5) is 63.2. The van der Waals surface area contributed by atoms with Crippen molar-refractivity contribution >= 4 is 40.1 Å². The van der Waals surface area contributed by atoms with Gasteiger partial charge in [0.25, 0.3) is 0 Å². The molecule has 0 fully saturated rings. The molecule has 0 aliphatic carbocycles. The summed E-state index contributed by atoms with van der Waals surface area (Å²) >= 11 is 1.51. The molecule has 6 N–H and O–H groups in total. The maximum absolute atomic E-state index is 14.6. The second-order valence-corrected chi connectivity index (χ2v) is 15.5. The number of aryl methyl sites for hydroxylation is 2. The maximum Gasteiger partial charge on any atom is 0.226 e. The lowest BCUT2D eigenvalue weighted by atomic mass is 9.89. The minimum absolute atomic E-state index is 0.0386. The van der Waals surface area contributed by atoms with Crippen molar-refractivity contribution < 1.29 is 14.4 Å². The Bertz CT molecular complexity index is 2100. The number of carbonyl (C=O) groups excluding carboxylic acids is 3. The number of carbonyl (C=O) groups is 3. The van der Waals surface area contributed by atoms with Crippen molar-refractivity contribution in [1.29, 1.82) is 0 Å². The third-order valence-electron chi connectivity index (χ3n) is 10.5. The molecule has 5 aromatic rings. The summed E-state index contributed by atoms with van der Waals surface area (Å²) in [5.41, 5.74) is 18.2. The molecule has 55 heavy (non-hydrogen) atoms. The van der Waals surface area contributed by atoms with Gasteiger partial charge in [0.05, 0.1) is 17.8 Å². The van der Waals surface area contributed by atoms with Crippen LogP contribution in [0.4, 0.5) is 0 Å². The number of nitrogens with two attached hydrogens (primary N) is 2. The number of aromatic nitrogens is 4. The summed E-state index contributed by atoms with van der Waals surface area (Å²) < 4.78 is 0. The average Bonchev–Trinajstić information content (AvgIpc) is 3.61. The molecule has 3 atom stereocenters. The van der Waals surface area contributed by atoms with Gasteiger partial charge in [0.15, 0.2) is 11.6 Å². The normalized spacial score (nSPS) is 18.9. The molecule has 5 heterocycles. The van der Waals surface area contributed by atoms with E-state index in [1.165, 1.54) is 11.8 Å². The van der Waals surface area contributed by atoms with Crippen molar-refractivity contribution in [3.05, 3.63) is 102 Å². The summed E-state index contributed by atoms with van der Waals surface area (Å²) in [5, 5.41) is 5.31. The zero-order valence-electron chi connectivity index (χ0n) is 31.8. The summed E-state index contributed by atoms with van der Waals surface area (Å²) in [5.74, 6) is -0.880. The number of hydrogen-bond donors (Lipinski definition) is 4. The number of rotatable bonds is 10. The fourth-order valence-corrected chi connectivity index (χ4v) is 8.39. The molecule has 11 nitrogen and oxygen atoms in total. The number of unbranched alkanes of at least 4 members (excludes halogenated alkanes) is 1. The van der Waals surface area contributed by atoms with Crippen molar-refractivity contribution in [2.45, 2.75) is 93.3 Å². The van der Waals surface area contributed by atoms with Crippen molar-refractivity contribution in [3.63, 3.8) is 0 Å². The lowest BCUT2D eigenvalue weighted by molar-refractivity contribution is -0.143.